The third-order valence-corrected chi connectivity index (χ3v) is 12.8. The van der Waals surface area contributed by atoms with Crippen molar-refractivity contribution >= 4 is 56.7 Å². The van der Waals surface area contributed by atoms with E-state index < -0.39 is 69.1 Å². The Bertz CT molecular complexity index is 2380. The molecule has 18 nitrogen and oxygen atoms in total. The van der Waals surface area contributed by atoms with E-state index in [1.54, 1.807) is 58.9 Å². The number of carboxylic acids is 1. The van der Waals surface area contributed by atoms with Crippen LogP contribution in [0.4, 0.5) is 4.79 Å². The van der Waals surface area contributed by atoms with Crippen LogP contribution in [0.1, 0.15) is 95.5 Å². The number of nitrogens with zero attached hydrogens (tertiary/aromatic N) is 3. The van der Waals surface area contributed by atoms with Gasteiger partial charge in [0.2, 0.25) is 23.7 Å². The summed E-state index contributed by atoms with van der Waals surface area (Å²) in [6, 6.07) is 2.95. The van der Waals surface area contributed by atoms with Crippen LogP contribution in [0, 0.1) is 26.7 Å². The van der Waals surface area contributed by atoms with Crippen molar-refractivity contribution in [2.24, 2.45) is 22.4 Å². The number of carbonyl (C=O) groups excluding carboxylic acids is 4. The smallest absolute Gasteiger partial charge is 0.419 e. The Morgan fingerprint density at radius 1 is 0.984 bits per heavy atom. The predicted molar refractivity (Wildman–Crippen MR) is 239 cm³/mol. The second-order valence-corrected chi connectivity index (χ2v) is 20.0. The van der Waals surface area contributed by atoms with E-state index >= 15 is 0 Å². The number of sulfonamides is 1. The van der Waals surface area contributed by atoms with Crippen LogP contribution < -0.4 is 32.2 Å². The quantitative estimate of drug-likeness (QED) is 0.0646. The maximum Gasteiger partial charge on any atom is 0.419 e. The SMILES string of the molecule is Cc1c(C)c(S(=O)(=O)N(C)C(N)=NCCC[C@H](NC(=O)[C@H](CC(C)C)NC(=O)CN)C(=O)N[C@@H](Cc2cn(C(=O)OC(C)(C)C)c3ccccc23)C(=O)O)c(C)c2c1OC(C)(C)C2. The highest BCUT2D eigenvalue weighted by Gasteiger charge is 2.38. The topological polar surface area (TPSA) is 267 Å². The molecule has 0 saturated heterocycles. The van der Waals surface area contributed by atoms with Crippen molar-refractivity contribution in [1.29, 1.82) is 0 Å². The number of carbonyl (C=O) groups is 5. The number of hydrogen-bond acceptors (Lipinski definition) is 11. The molecule has 0 bridgehead atoms. The molecule has 1 aromatic heterocycles. The number of aromatic nitrogens is 1. The van der Waals surface area contributed by atoms with Crippen molar-refractivity contribution in [1.82, 2.24) is 24.8 Å². The number of guanidine groups is 1. The fourth-order valence-electron chi connectivity index (χ4n) is 7.54. The highest BCUT2D eigenvalue weighted by Crippen LogP contribution is 2.44. The van der Waals surface area contributed by atoms with Gasteiger partial charge in [-0.2, -0.15) is 0 Å². The van der Waals surface area contributed by atoms with Crippen LogP contribution in [-0.4, -0.2) is 108 Å². The number of aliphatic imine (C=N–C) groups is 1. The minimum atomic E-state index is -4.19. The van der Waals surface area contributed by atoms with Crippen molar-refractivity contribution in [3.63, 3.8) is 0 Å². The van der Waals surface area contributed by atoms with E-state index in [4.69, 9.17) is 20.9 Å². The molecule has 3 atom stereocenters. The summed E-state index contributed by atoms with van der Waals surface area (Å²) in [6.45, 7) is 17.6. The van der Waals surface area contributed by atoms with Gasteiger partial charge >= 0.3 is 12.1 Å². The van der Waals surface area contributed by atoms with Crippen LogP contribution in [0.3, 0.4) is 0 Å². The molecular weight excluding hydrogens is 833 g/mol. The van der Waals surface area contributed by atoms with Crippen molar-refractivity contribution in [3.05, 3.63) is 58.3 Å². The fourth-order valence-corrected chi connectivity index (χ4v) is 9.17. The van der Waals surface area contributed by atoms with Gasteiger partial charge in [0.15, 0.2) is 0 Å². The first-order chi connectivity index (χ1) is 29.2. The molecule has 1 aliphatic rings. The van der Waals surface area contributed by atoms with Crippen LogP contribution >= 0.6 is 0 Å². The number of aliphatic carboxylic acids is 1. The van der Waals surface area contributed by atoms with Gasteiger partial charge in [-0.25, -0.2) is 22.3 Å². The third-order valence-electron chi connectivity index (χ3n) is 10.8. The monoisotopic (exact) mass is 896 g/mol. The molecule has 3 aromatic rings. The van der Waals surface area contributed by atoms with Gasteiger partial charge < -0.3 is 42.0 Å². The number of benzene rings is 2. The molecule has 2 heterocycles. The molecule has 4 rings (SSSR count). The lowest BCUT2D eigenvalue weighted by Gasteiger charge is -2.25. The van der Waals surface area contributed by atoms with E-state index in [0.29, 0.717) is 45.3 Å². The number of hydrogen-bond donors (Lipinski definition) is 6. The van der Waals surface area contributed by atoms with Crippen molar-refractivity contribution in [3.8, 4) is 5.75 Å². The molecule has 0 saturated carbocycles. The van der Waals surface area contributed by atoms with Crippen LogP contribution in [0.5, 0.6) is 5.75 Å². The molecule has 0 aliphatic carbocycles. The first-order valence-corrected chi connectivity index (χ1v) is 22.4. The lowest BCUT2D eigenvalue weighted by atomic mass is 9.94. The van der Waals surface area contributed by atoms with E-state index in [1.807, 2.05) is 34.6 Å². The summed E-state index contributed by atoms with van der Waals surface area (Å²) in [7, 11) is -2.89. The van der Waals surface area contributed by atoms with Gasteiger partial charge in [0.05, 0.1) is 17.0 Å². The first kappa shape index (κ1) is 50.0. The van der Waals surface area contributed by atoms with Crippen LogP contribution in [0.15, 0.2) is 40.4 Å². The van der Waals surface area contributed by atoms with Gasteiger partial charge in [-0.3, -0.25) is 23.9 Å². The standard InChI is InChI=1S/C44H64N8O10S/c1-24(2)19-32(48-35(53)22-45)39(55)49-31(38(54)50-33(40(56)57)20-28-23-52(42(58)62-43(6,7)8)34-17-13-12-15-29(28)34)16-14-18-47-41(46)51(11)63(59,60)37-26(4)25(3)36-30(27(37)5)21-44(9,10)61-36/h12-13,15,17,23-24,31-33H,14,16,18-22,45H2,1-11H3,(H2,46,47)(H,48,53)(H,49,55)(H,50,54)(H,56,57)/t31-,32-,33-/m0/s1. The van der Waals surface area contributed by atoms with E-state index in [9.17, 15) is 37.5 Å². The zero-order valence-electron chi connectivity index (χ0n) is 38.2. The minimum absolute atomic E-state index is 0.0515. The molecule has 2 aromatic carbocycles. The molecule has 19 heteroatoms. The average Bonchev–Trinajstić information content (AvgIpc) is 3.73. The summed E-state index contributed by atoms with van der Waals surface area (Å²) >= 11 is 0. The minimum Gasteiger partial charge on any atom is -0.487 e. The lowest BCUT2D eigenvalue weighted by Crippen LogP contribution is -2.56. The molecule has 0 unspecified atom stereocenters. The number of rotatable bonds is 17. The molecule has 8 N–H and O–H groups in total. The van der Waals surface area contributed by atoms with Crippen LogP contribution in [0.2, 0.25) is 0 Å². The number of ether oxygens (including phenoxy) is 2. The van der Waals surface area contributed by atoms with Gasteiger partial charge in [-0.05, 0) is 109 Å². The summed E-state index contributed by atoms with van der Waals surface area (Å²) in [5.74, 6) is -3.19. The Morgan fingerprint density at radius 2 is 1.60 bits per heavy atom. The Balaban J connectivity index is 1.59. The summed E-state index contributed by atoms with van der Waals surface area (Å²) in [5.41, 5.74) is 14.0. The number of nitrogens with two attached hydrogens (primary N) is 2. The molecule has 346 valence electrons. The maximum absolute atomic E-state index is 14.1. The molecule has 3 amide bonds. The summed E-state index contributed by atoms with van der Waals surface area (Å²) < 4.78 is 42.1. The first-order valence-electron chi connectivity index (χ1n) is 20.9. The summed E-state index contributed by atoms with van der Waals surface area (Å²) in [6.07, 6.45) is 1.29. The van der Waals surface area contributed by atoms with E-state index in [1.165, 1.54) is 17.8 Å². The number of para-hydroxylation sites is 1. The number of fused-ring (bicyclic) bond motifs is 2. The average molecular weight is 897 g/mol. The van der Waals surface area contributed by atoms with Gasteiger partial charge in [0, 0.05) is 43.6 Å². The third kappa shape index (κ3) is 12.1. The lowest BCUT2D eigenvalue weighted by molar-refractivity contribution is -0.142. The van der Waals surface area contributed by atoms with E-state index in [2.05, 4.69) is 20.9 Å². The highest BCUT2D eigenvalue weighted by molar-refractivity contribution is 7.89. The van der Waals surface area contributed by atoms with Gasteiger partial charge in [0.25, 0.3) is 10.0 Å². The van der Waals surface area contributed by atoms with Crippen molar-refractivity contribution in [2.45, 2.75) is 136 Å². The zero-order chi connectivity index (χ0) is 47.4. The van der Waals surface area contributed by atoms with Gasteiger partial charge in [-0.15, -0.1) is 0 Å². The Labute approximate surface area is 369 Å². The fraction of sp³-hybridized carbons (Fsp3) is 0.545. The molecule has 0 fully saturated rings. The van der Waals surface area contributed by atoms with Gasteiger partial charge in [-0.1, -0.05) is 32.0 Å². The van der Waals surface area contributed by atoms with Crippen molar-refractivity contribution < 1.29 is 47.0 Å². The van der Waals surface area contributed by atoms with E-state index in [0.717, 1.165) is 9.87 Å². The summed E-state index contributed by atoms with van der Waals surface area (Å²) in [4.78, 5) is 70.3. The van der Waals surface area contributed by atoms with Gasteiger partial charge in [0.1, 0.15) is 35.1 Å². The highest BCUT2D eigenvalue weighted by atomic mass is 32.2. The Morgan fingerprint density at radius 3 is 2.21 bits per heavy atom. The van der Waals surface area contributed by atoms with Crippen LogP contribution in [-0.2, 0) is 46.8 Å². The molecule has 0 radical (unpaired) electrons. The van der Waals surface area contributed by atoms with Crippen molar-refractivity contribution in [2.75, 3.05) is 20.1 Å². The Kier molecular flexibility index (Phi) is 15.7. The second kappa shape index (κ2) is 19.8. The number of carboxylic acid groups (broad SMARTS) is 1. The Hall–Kier alpha value is -5.69. The molecule has 0 spiro atoms. The largest absolute Gasteiger partial charge is 0.487 e. The van der Waals surface area contributed by atoms with Crippen LogP contribution in [0.25, 0.3) is 10.9 Å². The molecule has 63 heavy (non-hydrogen) atoms. The normalized spacial score (nSPS) is 15.2. The number of nitrogens with one attached hydrogen (secondary N) is 3. The molecular formula is C44H64N8O10S. The maximum atomic E-state index is 14.1. The summed E-state index contributed by atoms with van der Waals surface area (Å²) in [5, 5.41) is 18.7. The number of amides is 3. The molecule has 1 aliphatic heterocycles. The zero-order valence-corrected chi connectivity index (χ0v) is 39.0. The second-order valence-electron chi connectivity index (χ2n) is 18.0. The predicted octanol–water partition coefficient (Wildman–Crippen LogP) is 3.57. The van der Waals surface area contributed by atoms with E-state index in [-0.39, 0.29) is 55.5 Å².